The Bertz CT molecular complexity index is 96.2. The van der Waals surface area contributed by atoms with Gasteiger partial charge in [0, 0.05) is 0 Å². The lowest BCUT2D eigenvalue weighted by Gasteiger charge is -2.07. The van der Waals surface area contributed by atoms with Gasteiger partial charge in [0.05, 0.1) is 5.88 Å². The quantitative estimate of drug-likeness (QED) is 0.394. The second-order valence-corrected chi connectivity index (χ2v) is 1.99. The van der Waals surface area contributed by atoms with E-state index in [1.54, 1.807) is 0 Å². The Balaban J connectivity index is 3.36. The zero-order chi connectivity index (χ0) is 8.20. The zero-order valence-electron chi connectivity index (χ0n) is 4.49. The second kappa shape index (κ2) is 4.23. The normalized spacial score (nSPS) is 15.3. The summed E-state index contributed by atoms with van der Waals surface area (Å²) in [5.41, 5.74) is -1.29. The molecule has 2 nitrogen and oxygen atoms in total. The van der Waals surface area contributed by atoms with Gasteiger partial charge in [0.1, 0.15) is 0 Å². The summed E-state index contributed by atoms with van der Waals surface area (Å²) < 4.78 is 33.3. The molecule has 0 aromatic heterocycles. The van der Waals surface area contributed by atoms with Crippen molar-refractivity contribution < 1.29 is 22.9 Å². The van der Waals surface area contributed by atoms with Crippen molar-refractivity contribution >= 4 is 23.2 Å². The largest absolute Gasteiger partial charge is 0.549 e. The van der Waals surface area contributed by atoms with Crippen LogP contribution in [-0.4, -0.2) is 17.8 Å². The SMILES string of the molecule is FC(F)(F)OOC(Cl)CCl. The highest BCUT2D eigenvalue weighted by molar-refractivity contribution is 6.27. The fourth-order valence-electron chi connectivity index (χ4n) is 0.132. The van der Waals surface area contributed by atoms with Crippen molar-refractivity contribution in [2.45, 2.75) is 11.9 Å². The van der Waals surface area contributed by atoms with E-state index in [-0.39, 0.29) is 5.88 Å². The van der Waals surface area contributed by atoms with Crippen LogP contribution in [0.15, 0.2) is 0 Å². The van der Waals surface area contributed by atoms with E-state index in [4.69, 9.17) is 23.2 Å². The standard InChI is InChI=1S/C3H3Cl2F3O2/c4-1-2(5)9-10-3(6,7)8/h2H,1H2. The molecule has 7 heteroatoms. The van der Waals surface area contributed by atoms with Gasteiger partial charge < -0.3 is 0 Å². The summed E-state index contributed by atoms with van der Waals surface area (Å²) in [5.74, 6) is -0.280. The van der Waals surface area contributed by atoms with Gasteiger partial charge in [-0.2, -0.15) is 0 Å². The average Bonchev–Trinajstić information content (AvgIpc) is 1.81. The fourth-order valence-corrected chi connectivity index (χ4v) is 0.220. The van der Waals surface area contributed by atoms with Gasteiger partial charge in [0.15, 0.2) is 5.56 Å². The Hall–Kier alpha value is 0.290. The molecule has 0 saturated heterocycles. The first-order valence-electron chi connectivity index (χ1n) is 2.07. The van der Waals surface area contributed by atoms with Crippen LogP contribution < -0.4 is 0 Å². The molecule has 10 heavy (non-hydrogen) atoms. The van der Waals surface area contributed by atoms with Crippen LogP contribution in [0.5, 0.6) is 0 Å². The van der Waals surface area contributed by atoms with Gasteiger partial charge in [0.25, 0.3) is 0 Å². The maximum absolute atomic E-state index is 11.1. The van der Waals surface area contributed by atoms with Gasteiger partial charge in [-0.15, -0.1) is 29.7 Å². The van der Waals surface area contributed by atoms with E-state index < -0.39 is 11.9 Å². The molecule has 0 rings (SSSR count). The van der Waals surface area contributed by atoms with Gasteiger partial charge in [-0.1, -0.05) is 11.6 Å². The fraction of sp³-hybridized carbons (Fsp3) is 1.00. The van der Waals surface area contributed by atoms with Crippen molar-refractivity contribution in [3.63, 3.8) is 0 Å². The molecule has 0 aromatic rings. The van der Waals surface area contributed by atoms with E-state index in [0.29, 0.717) is 0 Å². The van der Waals surface area contributed by atoms with E-state index in [9.17, 15) is 13.2 Å². The molecule has 0 aliphatic rings. The summed E-state index contributed by atoms with van der Waals surface area (Å²) in [6.07, 6.45) is -4.83. The molecule has 0 aromatic carbocycles. The van der Waals surface area contributed by atoms with Crippen LogP contribution in [0.1, 0.15) is 0 Å². The molecule has 0 bridgehead atoms. The zero-order valence-corrected chi connectivity index (χ0v) is 6.00. The molecule has 1 unspecified atom stereocenters. The first-order chi connectivity index (χ1) is 4.45. The summed E-state index contributed by atoms with van der Waals surface area (Å²) in [5, 5.41) is 0. The van der Waals surface area contributed by atoms with Crippen molar-refractivity contribution in [1.29, 1.82) is 0 Å². The third-order valence-corrected chi connectivity index (χ3v) is 1.03. The summed E-state index contributed by atoms with van der Waals surface area (Å²) in [6.45, 7) is 0. The highest BCUT2D eigenvalue weighted by Gasteiger charge is 2.32. The number of halogens is 5. The molecule has 0 aliphatic heterocycles. The van der Waals surface area contributed by atoms with E-state index in [2.05, 4.69) is 9.78 Å². The molecule has 0 fully saturated rings. The lowest BCUT2D eigenvalue weighted by atomic mass is 10.9. The van der Waals surface area contributed by atoms with E-state index >= 15 is 0 Å². The summed E-state index contributed by atoms with van der Waals surface area (Å²) in [6, 6.07) is 0. The second-order valence-electron chi connectivity index (χ2n) is 1.19. The third-order valence-electron chi connectivity index (χ3n) is 0.368. The third kappa shape index (κ3) is 6.41. The minimum Gasteiger partial charge on any atom is -0.208 e. The van der Waals surface area contributed by atoms with Crippen LogP contribution in [0.25, 0.3) is 0 Å². The van der Waals surface area contributed by atoms with Crippen LogP contribution in [0.3, 0.4) is 0 Å². The molecule has 0 heterocycles. The Kier molecular flexibility index (Phi) is 4.35. The topological polar surface area (TPSA) is 18.5 Å². The van der Waals surface area contributed by atoms with Crippen LogP contribution in [0.4, 0.5) is 13.2 Å². The van der Waals surface area contributed by atoms with Crippen molar-refractivity contribution in [1.82, 2.24) is 0 Å². The highest BCUT2D eigenvalue weighted by atomic mass is 35.5. The average molecular weight is 199 g/mol. The van der Waals surface area contributed by atoms with E-state index in [1.807, 2.05) is 0 Å². The first-order valence-corrected chi connectivity index (χ1v) is 3.04. The van der Waals surface area contributed by atoms with Gasteiger partial charge in [-0.25, -0.2) is 4.89 Å². The van der Waals surface area contributed by atoms with Gasteiger partial charge in [-0.05, 0) is 0 Å². The van der Waals surface area contributed by atoms with E-state index in [0.717, 1.165) is 0 Å². The number of alkyl halides is 5. The molecule has 1 atom stereocenters. The Morgan fingerprint density at radius 1 is 1.40 bits per heavy atom. The molecular weight excluding hydrogens is 196 g/mol. The molecule has 0 radical (unpaired) electrons. The number of hydrogen-bond acceptors (Lipinski definition) is 2. The van der Waals surface area contributed by atoms with Crippen molar-refractivity contribution in [2.75, 3.05) is 5.88 Å². The Labute approximate surface area is 64.7 Å². The Morgan fingerprint density at radius 3 is 2.20 bits per heavy atom. The lowest BCUT2D eigenvalue weighted by Crippen LogP contribution is -2.18. The summed E-state index contributed by atoms with van der Waals surface area (Å²) in [4.78, 5) is 6.43. The van der Waals surface area contributed by atoms with Crippen LogP contribution in [0.2, 0.25) is 0 Å². The molecule has 0 amide bonds. The molecule has 0 aliphatic carbocycles. The molecule has 0 spiro atoms. The summed E-state index contributed by atoms with van der Waals surface area (Å²) in [7, 11) is 0. The van der Waals surface area contributed by atoms with Crippen LogP contribution >= 0.6 is 23.2 Å². The van der Waals surface area contributed by atoms with Crippen molar-refractivity contribution in [2.24, 2.45) is 0 Å². The molecule has 0 N–H and O–H groups in total. The van der Waals surface area contributed by atoms with Crippen molar-refractivity contribution in [3.05, 3.63) is 0 Å². The van der Waals surface area contributed by atoms with Gasteiger partial charge in [-0.3, -0.25) is 0 Å². The molecule has 62 valence electrons. The Morgan fingerprint density at radius 2 is 1.90 bits per heavy atom. The van der Waals surface area contributed by atoms with Crippen molar-refractivity contribution in [3.8, 4) is 0 Å². The minimum atomic E-state index is -4.83. The molecule has 0 saturated carbocycles. The highest BCUT2D eigenvalue weighted by Crippen LogP contribution is 2.18. The maximum atomic E-state index is 11.1. The van der Waals surface area contributed by atoms with Gasteiger partial charge in [0.2, 0.25) is 0 Å². The first kappa shape index (κ1) is 10.3. The number of hydrogen-bond donors (Lipinski definition) is 0. The number of rotatable bonds is 3. The maximum Gasteiger partial charge on any atom is 0.549 e. The predicted molar refractivity (Wildman–Crippen MR) is 28.6 cm³/mol. The van der Waals surface area contributed by atoms with Crippen LogP contribution in [0, 0.1) is 0 Å². The smallest absolute Gasteiger partial charge is 0.208 e. The van der Waals surface area contributed by atoms with Crippen LogP contribution in [-0.2, 0) is 9.78 Å². The molecular formula is C3H3Cl2F3O2. The monoisotopic (exact) mass is 198 g/mol. The summed E-state index contributed by atoms with van der Waals surface area (Å²) >= 11 is 9.97. The van der Waals surface area contributed by atoms with Gasteiger partial charge >= 0.3 is 6.36 Å². The lowest BCUT2D eigenvalue weighted by molar-refractivity contribution is -0.487. The predicted octanol–water partition coefficient (Wildman–Crippen LogP) is 2.26. The van der Waals surface area contributed by atoms with E-state index in [1.165, 1.54) is 0 Å². The minimum absolute atomic E-state index is 0.280.